The van der Waals surface area contributed by atoms with Crippen LogP contribution in [0.1, 0.15) is 5.56 Å². The minimum Gasteiger partial charge on any atom is -0.258 e. The van der Waals surface area contributed by atoms with Crippen LogP contribution in [0, 0.1) is 10.1 Å². The fourth-order valence-electron chi connectivity index (χ4n) is 0.967. The summed E-state index contributed by atoms with van der Waals surface area (Å²) < 4.78 is 35.6. The van der Waals surface area contributed by atoms with Gasteiger partial charge < -0.3 is 0 Å². The maximum atomic E-state index is 11.9. The van der Waals surface area contributed by atoms with Gasteiger partial charge in [-0.25, -0.2) is 0 Å². The van der Waals surface area contributed by atoms with E-state index in [0.717, 1.165) is 24.3 Å². The Kier molecular flexibility index (Phi) is 2.73. The summed E-state index contributed by atoms with van der Waals surface area (Å²) in [6.45, 7) is 0. The maximum absolute atomic E-state index is 11.9. The summed E-state index contributed by atoms with van der Waals surface area (Å²) in [5.74, 6) is 0. The van der Waals surface area contributed by atoms with Gasteiger partial charge in [0.15, 0.2) is 0 Å². The predicted molar refractivity (Wildman–Crippen MR) is 42.9 cm³/mol. The molecule has 0 aliphatic carbocycles. The first kappa shape index (κ1) is 10.5. The monoisotopic (exact) mass is 205 g/mol. The first-order valence-corrected chi connectivity index (χ1v) is 3.68. The van der Waals surface area contributed by atoms with Crippen molar-refractivity contribution >= 4 is 5.69 Å². The van der Waals surface area contributed by atoms with E-state index >= 15 is 0 Å². The van der Waals surface area contributed by atoms with Crippen LogP contribution in [-0.4, -0.2) is 11.1 Å². The lowest BCUT2D eigenvalue weighted by Gasteiger charge is -2.05. The lowest BCUT2D eigenvalue weighted by Crippen LogP contribution is -2.11. The van der Waals surface area contributed by atoms with Gasteiger partial charge in [-0.05, 0) is 5.56 Å². The molecule has 0 bridgehead atoms. The topological polar surface area (TPSA) is 43.1 Å². The standard InChI is InChI=1S/C8H6F3NO2/c9-8(10,11)5-6-1-3-7(4-2-6)12(13)14/h1-4H,5H2. The van der Waals surface area contributed by atoms with Gasteiger partial charge in [-0.15, -0.1) is 0 Å². The molecule has 0 unspecified atom stereocenters. The molecule has 14 heavy (non-hydrogen) atoms. The lowest BCUT2D eigenvalue weighted by atomic mass is 10.1. The Labute approximate surface area is 77.3 Å². The van der Waals surface area contributed by atoms with Crippen molar-refractivity contribution in [1.29, 1.82) is 0 Å². The molecule has 0 spiro atoms. The summed E-state index contributed by atoms with van der Waals surface area (Å²) in [6, 6.07) is 4.32. The summed E-state index contributed by atoms with van der Waals surface area (Å²) in [6.07, 6.45) is -5.35. The highest BCUT2D eigenvalue weighted by Crippen LogP contribution is 2.22. The SMILES string of the molecule is O=[N+]([O-])c1ccc(CC(F)(F)F)cc1. The van der Waals surface area contributed by atoms with Crippen molar-refractivity contribution in [2.45, 2.75) is 12.6 Å². The van der Waals surface area contributed by atoms with Crippen LogP contribution < -0.4 is 0 Å². The molecule has 0 atom stereocenters. The van der Waals surface area contributed by atoms with Crippen LogP contribution in [0.3, 0.4) is 0 Å². The van der Waals surface area contributed by atoms with Gasteiger partial charge >= 0.3 is 6.18 Å². The number of hydrogen-bond donors (Lipinski definition) is 0. The summed E-state index contributed by atoms with van der Waals surface area (Å²) in [7, 11) is 0. The molecule has 1 rings (SSSR count). The van der Waals surface area contributed by atoms with E-state index in [9.17, 15) is 23.3 Å². The molecule has 0 fully saturated rings. The highest BCUT2D eigenvalue weighted by Gasteiger charge is 2.27. The molecular weight excluding hydrogens is 199 g/mol. The predicted octanol–water partition coefficient (Wildman–Crippen LogP) is 2.70. The molecule has 1 aromatic carbocycles. The third-order valence-electron chi connectivity index (χ3n) is 1.55. The smallest absolute Gasteiger partial charge is 0.258 e. The second-order valence-electron chi connectivity index (χ2n) is 2.72. The van der Waals surface area contributed by atoms with E-state index in [0.29, 0.717) is 0 Å². The van der Waals surface area contributed by atoms with Crippen molar-refractivity contribution in [2.75, 3.05) is 0 Å². The molecule has 0 N–H and O–H groups in total. The second kappa shape index (κ2) is 3.65. The van der Waals surface area contributed by atoms with Gasteiger partial charge in [-0.3, -0.25) is 10.1 Å². The van der Waals surface area contributed by atoms with Crippen molar-refractivity contribution in [3.8, 4) is 0 Å². The third kappa shape index (κ3) is 3.04. The Morgan fingerprint density at radius 1 is 1.21 bits per heavy atom. The Morgan fingerprint density at radius 2 is 1.71 bits per heavy atom. The average molecular weight is 205 g/mol. The van der Waals surface area contributed by atoms with E-state index < -0.39 is 17.5 Å². The number of nitro benzene ring substituents is 1. The minimum atomic E-state index is -4.28. The summed E-state index contributed by atoms with van der Waals surface area (Å²) in [5.41, 5.74) is -0.195. The lowest BCUT2D eigenvalue weighted by molar-refractivity contribution is -0.384. The van der Waals surface area contributed by atoms with Gasteiger partial charge in [-0.2, -0.15) is 13.2 Å². The minimum absolute atomic E-state index is 0.0168. The number of nitro groups is 1. The number of halogens is 3. The highest BCUT2D eigenvalue weighted by molar-refractivity contribution is 5.33. The fraction of sp³-hybridized carbons (Fsp3) is 0.250. The van der Waals surface area contributed by atoms with E-state index in [1.807, 2.05) is 0 Å². The third-order valence-corrected chi connectivity index (χ3v) is 1.55. The van der Waals surface area contributed by atoms with Crippen molar-refractivity contribution in [3.63, 3.8) is 0 Å². The Hall–Kier alpha value is -1.59. The molecule has 0 saturated heterocycles. The van der Waals surface area contributed by atoms with Crippen LogP contribution in [0.4, 0.5) is 18.9 Å². The zero-order valence-electron chi connectivity index (χ0n) is 6.91. The van der Waals surface area contributed by atoms with E-state index in [1.165, 1.54) is 0 Å². The van der Waals surface area contributed by atoms with Crippen molar-refractivity contribution < 1.29 is 18.1 Å². The van der Waals surface area contributed by atoms with E-state index in [2.05, 4.69) is 0 Å². The molecule has 0 aliphatic rings. The number of non-ortho nitro benzene ring substituents is 1. The van der Waals surface area contributed by atoms with Crippen molar-refractivity contribution in [2.24, 2.45) is 0 Å². The number of hydrogen-bond acceptors (Lipinski definition) is 2. The fourth-order valence-corrected chi connectivity index (χ4v) is 0.967. The van der Waals surface area contributed by atoms with Gasteiger partial charge in [0.05, 0.1) is 11.3 Å². The first-order valence-electron chi connectivity index (χ1n) is 3.68. The molecule has 76 valence electrons. The largest absolute Gasteiger partial charge is 0.393 e. The van der Waals surface area contributed by atoms with E-state index in [-0.39, 0.29) is 11.3 Å². The van der Waals surface area contributed by atoms with Gasteiger partial charge in [-0.1, -0.05) is 12.1 Å². The van der Waals surface area contributed by atoms with Crippen molar-refractivity contribution in [3.05, 3.63) is 39.9 Å². The van der Waals surface area contributed by atoms with Gasteiger partial charge in [0.1, 0.15) is 0 Å². The average Bonchev–Trinajstić information content (AvgIpc) is 2.02. The Bertz CT molecular complexity index is 331. The number of alkyl halides is 3. The number of nitrogens with zero attached hydrogens (tertiary/aromatic N) is 1. The Balaban J connectivity index is 2.79. The molecule has 3 nitrogen and oxygen atoms in total. The number of rotatable bonds is 2. The van der Waals surface area contributed by atoms with Gasteiger partial charge in [0.2, 0.25) is 0 Å². The molecule has 0 amide bonds. The second-order valence-corrected chi connectivity index (χ2v) is 2.72. The highest BCUT2D eigenvalue weighted by atomic mass is 19.4. The summed E-state index contributed by atoms with van der Waals surface area (Å²) in [5, 5.41) is 10.2. The molecule has 1 aromatic rings. The molecule has 0 heterocycles. The summed E-state index contributed by atoms with van der Waals surface area (Å²) in [4.78, 5) is 9.53. The van der Waals surface area contributed by atoms with Crippen molar-refractivity contribution in [1.82, 2.24) is 0 Å². The first-order chi connectivity index (χ1) is 6.38. The van der Waals surface area contributed by atoms with Crippen LogP contribution in [0.15, 0.2) is 24.3 Å². The number of benzene rings is 1. The zero-order chi connectivity index (χ0) is 10.8. The van der Waals surface area contributed by atoms with Crippen LogP contribution in [0.25, 0.3) is 0 Å². The van der Waals surface area contributed by atoms with Crippen LogP contribution in [-0.2, 0) is 6.42 Å². The maximum Gasteiger partial charge on any atom is 0.393 e. The van der Waals surface area contributed by atoms with Crippen LogP contribution >= 0.6 is 0 Å². The normalized spacial score (nSPS) is 11.4. The van der Waals surface area contributed by atoms with Gasteiger partial charge in [0.25, 0.3) is 5.69 Å². The Morgan fingerprint density at radius 3 is 2.07 bits per heavy atom. The molecule has 6 heteroatoms. The molecule has 0 radical (unpaired) electrons. The van der Waals surface area contributed by atoms with Crippen LogP contribution in [0.5, 0.6) is 0 Å². The van der Waals surface area contributed by atoms with Gasteiger partial charge in [0, 0.05) is 12.1 Å². The molecule has 0 saturated carbocycles. The van der Waals surface area contributed by atoms with Crippen LogP contribution in [0.2, 0.25) is 0 Å². The molecule has 0 aliphatic heterocycles. The zero-order valence-corrected chi connectivity index (χ0v) is 6.91. The van der Waals surface area contributed by atoms with E-state index in [1.54, 1.807) is 0 Å². The summed E-state index contributed by atoms with van der Waals surface area (Å²) >= 11 is 0. The molecule has 0 aromatic heterocycles. The van der Waals surface area contributed by atoms with E-state index in [4.69, 9.17) is 0 Å². The quantitative estimate of drug-likeness (QED) is 0.550. The molecular formula is C8H6F3NO2.